The van der Waals surface area contributed by atoms with Gasteiger partial charge in [0.05, 0.1) is 0 Å². The number of carbonyl (C=O) groups is 1. The first kappa shape index (κ1) is 18.9. The standard InChI is InChI=1S/C25H29NO2/c1-24(2)11-12-25(3,4)22-15-19(9-10-21(22)24)17-5-6-18-14-20(23(27)26-28)8-7-16(18)13-17/h5-10,13-15,21-22,28H,11-12H2,1-4H3,(H,26,27). The Morgan fingerprint density at radius 1 is 0.964 bits per heavy atom. The van der Waals surface area contributed by atoms with Gasteiger partial charge in [-0.05, 0) is 75.6 Å². The molecule has 0 heterocycles. The highest BCUT2D eigenvalue weighted by Crippen LogP contribution is 2.55. The van der Waals surface area contributed by atoms with Gasteiger partial charge < -0.3 is 0 Å². The third kappa shape index (κ3) is 3.18. The second-order valence-corrected chi connectivity index (χ2v) is 9.73. The monoisotopic (exact) mass is 375 g/mol. The zero-order valence-electron chi connectivity index (χ0n) is 17.1. The van der Waals surface area contributed by atoms with Crippen molar-refractivity contribution in [3.8, 4) is 0 Å². The van der Waals surface area contributed by atoms with E-state index in [9.17, 15) is 4.79 Å². The zero-order valence-corrected chi connectivity index (χ0v) is 17.1. The van der Waals surface area contributed by atoms with Crippen molar-refractivity contribution >= 4 is 22.3 Å². The average molecular weight is 376 g/mol. The molecule has 4 rings (SSSR count). The van der Waals surface area contributed by atoms with E-state index < -0.39 is 5.91 Å². The van der Waals surface area contributed by atoms with E-state index in [2.05, 4.69) is 64.1 Å². The number of benzene rings is 2. The lowest BCUT2D eigenvalue weighted by Gasteiger charge is -2.51. The van der Waals surface area contributed by atoms with Gasteiger partial charge in [-0.25, -0.2) is 5.48 Å². The van der Waals surface area contributed by atoms with Gasteiger partial charge in [0.25, 0.3) is 5.91 Å². The summed E-state index contributed by atoms with van der Waals surface area (Å²) < 4.78 is 0. The van der Waals surface area contributed by atoms with Gasteiger partial charge in [-0.15, -0.1) is 0 Å². The van der Waals surface area contributed by atoms with Crippen molar-refractivity contribution in [1.29, 1.82) is 0 Å². The molecule has 2 aromatic rings. The van der Waals surface area contributed by atoms with E-state index in [0.29, 0.717) is 28.2 Å². The molecule has 28 heavy (non-hydrogen) atoms. The topological polar surface area (TPSA) is 49.3 Å². The van der Waals surface area contributed by atoms with E-state index in [4.69, 9.17) is 5.21 Å². The Morgan fingerprint density at radius 2 is 1.61 bits per heavy atom. The van der Waals surface area contributed by atoms with Gasteiger partial charge in [-0.2, -0.15) is 0 Å². The SMILES string of the molecule is CC1(C)CCC(C)(C)C2C=C(c3ccc4cc(C(=O)NO)ccc4c3)C=CC21. The van der Waals surface area contributed by atoms with Crippen molar-refractivity contribution in [3.63, 3.8) is 0 Å². The molecule has 1 amide bonds. The molecular formula is C25H29NO2. The maximum Gasteiger partial charge on any atom is 0.274 e. The zero-order chi connectivity index (χ0) is 20.1. The van der Waals surface area contributed by atoms with Gasteiger partial charge >= 0.3 is 0 Å². The molecule has 2 atom stereocenters. The summed E-state index contributed by atoms with van der Waals surface area (Å²) in [4.78, 5) is 11.6. The lowest BCUT2D eigenvalue weighted by atomic mass is 9.53. The molecule has 2 unspecified atom stereocenters. The van der Waals surface area contributed by atoms with Crippen LogP contribution in [0.3, 0.4) is 0 Å². The summed E-state index contributed by atoms with van der Waals surface area (Å²) in [6, 6.07) is 11.8. The maximum atomic E-state index is 11.6. The molecule has 0 saturated heterocycles. The smallest absolute Gasteiger partial charge is 0.274 e. The fraction of sp³-hybridized carbons (Fsp3) is 0.400. The van der Waals surface area contributed by atoms with E-state index in [1.165, 1.54) is 24.0 Å². The highest BCUT2D eigenvalue weighted by Gasteiger charge is 2.46. The molecule has 0 spiro atoms. The normalized spacial score (nSPS) is 25.1. The first-order valence-corrected chi connectivity index (χ1v) is 10.1. The van der Waals surface area contributed by atoms with Crippen molar-refractivity contribution in [2.75, 3.05) is 0 Å². The molecule has 0 radical (unpaired) electrons. The van der Waals surface area contributed by atoms with Crippen LogP contribution in [0, 0.1) is 22.7 Å². The van der Waals surface area contributed by atoms with Crippen LogP contribution in [0.15, 0.2) is 54.6 Å². The quantitative estimate of drug-likeness (QED) is 0.500. The number of carbonyl (C=O) groups excluding carboxylic acids is 1. The molecule has 1 fully saturated rings. The van der Waals surface area contributed by atoms with Crippen LogP contribution >= 0.6 is 0 Å². The third-order valence-electron chi connectivity index (χ3n) is 6.98. The fourth-order valence-electron chi connectivity index (χ4n) is 4.94. The number of hydroxylamine groups is 1. The molecule has 3 nitrogen and oxygen atoms in total. The number of amides is 1. The first-order valence-electron chi connectivity index (χ1n) is 10.1. The number of nitrogens with one attached hydrogen (secondary N) is 1. The highest BCUT2D eigenvalue weighted by atomic mass is 16.5. The summed E-state index contributed by atoms with van der Waals surface area (Å²) in [6.45, 7) is 9.61. The summed E-state index contributed by atoms with van der Waals surface area (Å²) in [5.74, 6) is 0.639. The van der Waals surface area contributed by atoms with Crippen molar-refractivity contribution in [1.82, 2.24) is 5.48 Å². The van der Waals surface area contributed by atoms with Gasteiger partial charge in [0.2, 0.25) is 0 Å². The molecular weight excluding hydrogens is 346 g/mol. The van der Waals surface area contributed by atoms with Crippen LogP contribution in [-0.4, -0.2) is 11.1 Å². The maximum absolute atomic E-state index is 11.6. The van der Waals surface area contributed by atoms with Crippen molar-refractivity contribution in [3.05, 3.63) is 65.8 Å². The fourth-order valence-corrected chi connectivity index (χ4v) is 4.94. The minimum atomic E-state index is -0.489. The molecule has 0 bridgehead atoms. The first-order chi connectivity index (χ1) is 13.2. The van der Waals surface area contributed by atoms with Crippen LogP contribution in [0.5, 0.6) is 0 Å². The van der Waals surface area contributed by atoms with E-state index in [1.54, 1.807) is 17.6 Å². The summed E-state index contributed by atoms with van der Waals surface area (Å²) in [6.07, 6.45) is 9.74. The van der Waals surface area contributed by atoms with Crippen molar-refractivity contribution < 1.29 is 10.0 Å². The van der Waals surface area contributed by atoms with Gasteiger partial charge in [-0.1, -0.05) is 64.1 Å². The number of hydrogen-bond acceptors (Lipinski definition) is 2. The minimum absolute atomic E-state index is 0.305. The number of fused-ring (bicyclic) bond motifs is 2. The predicted molar refractivity (Wildman–Crippen MR) is 114 cm³/mol. The Kier molecular flexibility index (Phi) is 4.46. The Bertz CT molecular complexity index is 997. The van der Waals surface area contributed by atoms with Crippen molar-refractivity contribution in [2.45, 2.75) is 40.5 Å². The van der Waals surface area contributed by atoms with Crippen LogP contribution in [0.25, 0.3) is 16.3 Å². The average Bonchev–Trinajstić information content (AvgIpc) is 2.70. The van der Waals surface area contributed by atoms with Gasteiger partial charge in [0.15, 0.2) is 0 Å². The van der Waals surface area contributed by atoms with Crippen LogP contribution in [0.4, 0.5) is 0 Å². The van der Waals surface area contributed by atoms with Crippen LogP contribution in [0.1, 0.15) is 56.5 Å². The Morgan fingerprint density at radius 3 is 2.32 bits per heavy atom. The number of hydrogen-bond donors (Lipinski definition) is 2. The van der Waals surface area contributed by atoms with Crippen LogP contribution in [-0.2, 0) is 0 Å². The molecule has 3 heteroatoms. The van der Waals surface area contributed by atoms with Gasteiger partial charge in [0, 0.05) is 5.56 Å². The molecule has 0 aromatic heterocycles. The Labute approximate surface area is 167 Å². The second kappa shape index (κ2) is 6.59. The summed E-state index contributed by atoms with van der Waals surface area (Å²) in [7, 11) is 0. The van der Waals surface area contributed by atoms with E-state index >= 15 is 0 Å². The molecule has 2 aromatic carbocycles. The van der Waals surface area contributed by atoms with Gasteiger partial charge in [0.1, 0.15) is 0 Å². The lowest BCUT2D eigenvalue weighted by Crippen LogP contribution is -2.43. The number of rotatable bonds is 2. The second-order valence-electron chi connectivity index (χ2n) is 9.73. The summed E-state index contributed by atoms with van der Waals surface area (Å²) >= 11 is 0. The van der Waals surface area contributed by atoms with Crippen LogP contribution < -0.4 is 5.48 Å². The van der Waals surface area contributed by atoms with E-state index in [-0.39, 0.29) is 0 Å². The minimum Gasteiger partial charge on any atom is -0.288 e. The predicted octanol–water partition coefficient (Wildman–Crippen LogP) is 5.99. The molecule has 2 N–H and O–H groups in total. The molecule has 2 aliphatic carbocycles. The molecule has 0 aliphatic heterocycles. The largest absolute Gasteiger partial charge is 0.288 e. The third-order valence-corrected chi connectivity index (χ3v) is 6.98. The van der Waals surface area contributed by atoms with E-state index in [1.807, 2.05) is 6.07 Å². The lowest BCUT2D eigenvalue weighted by molar-refractivity contribution is 0.0337. The molecule has 146 valence electrons. The van der Waals surface area contributed by atoms with Crippen LogP contribution in [0.2, 0.25) is 0 Å². The Hall–Kier alpha value is -2.39. The summed E-state index contributed by atoms with van der Waals surface area (Å²) in [5.41, 5.74) is 5.28. The summed E-state index contributed by atoms with van der Waals surface area (Å²) in [5, 5.41) is 10.9. The van der Waals surface area contributed by atoms with Gasteiger partial charge in [-0.3, -0.25) is 10.0 Å². The Balaban J connectivity index is 1.71. The number of allylic oxidation sites excluding steroid dienone is 4. The molecule has 2 aliphatic rings. The molecule has 1 saturated carbocycles. The van der Waals surface area contributed by atoms with E-state index in [0.717, 1.165) is 10.8 Å². The van der Waals surface area contributed by atoms with Crippen molar-refractivity contribution in [2.24, 2.45) is 22.7 Å². The highest BCUT2D eigenvalue weighted by molar-refractivity contribution is 5.98.